The summed E-state index contributed by atoms with van der Waals surface area (Å²) in [5, 5.41) is 0. The monoisotopic (exact) mass is 394 g/mol. The number of hydrogen-bond donors (Lipinski definition) is 0. The lowest BCUT2D eigenvalue weighted by Gasteiger charge is -2.28. The molecule has 3 rings (SSSR count). The van der Waals surface area contributed by atoms with E-state index in [0.29, 0.717) is 17.1 Å². The van der Waals surface area contributed by atoms with Crippen LogP contribution in [0.15, 0.2) is 80.3 Å². The smallest absolute Gasteiger partial charge is 0.166 e. The molecule has 26 heavy (non-hydrogen) atoms. The lowest BCUT2D eigenvalue weighted by Crippen LogP contribution is -2.23. The van der Waals surface area contributed by atoms with Crippen molar-refractivity contribution < 1.29 is 13.2 Å². The fourth-order valence-electron chi connectivity index (χ4n) is 3.23. The highest BCUT2D eigenvalue weighted by molar-refractivity contribution is 8.22. The molecule has 1 fully saturated rings. The lowest BCUT2D eigenvalue weighted by atomic mass is 9.84. The molecular formula is C21H21F3S2. The van der Waals surface area contributed by atoms with E-state index >= 15 is 0 Å². The Bertz CT molecular complexity index is 674. The van der Waals surface area contributed by atoms with Crippen LogP contribution in [0, 0.1) is 5.92 Å². The molecule has 0 saturated heterocycles. The van der Waals surface area contributed by atoms with E-state index in [-0.39, 0.29) is 5.57 Å². The van der Waals surface area contributed by atoms with Gasteiger partial charge in [-0.3, -0.25) is 0 Å². The molecule has 5 heteroatoms. The minimum Gasteiger partial charge on any atom is -0.166 e. The van der Waals surface area contributed by atoms with Crippen LogP contribution in [-0.4, -0.2) is 6.18 Å². The minimum absolute atomic E-state index is 0.333. The summed E-state index contributed by atoms with van der Waals surface area (Å²) in [7, 11) is 0. The number of thioether (sulfide) groups is 2. The zero-order valence-corrected chi connectivity index (χ0v) is 16.0. The Morgan fingerprint density at radius 2 is 1.19 bits per heavy atom. The summed E-state index contributed by atoms with van der Waals surface area (Å²) >= 11 is 2.47. The summed E-state index contributed by atoms with van der Waals surface area (Å²) in [5.41, 5.74) is -0.333. The molecule has 0 unspecified atom stereocenters. The number of benzene rings is 2. The first-order chi connectivity index (χ1) is 12.5. The molecule has 0 heterocycles. The van der Waals surface area contributed by atoms with Crippen LogP contribution >= 0.6 is 23.5 Å². The summed E-state index contributed by atoms with van der Waals surface area (Å²) in [6, 6.07) is 18.7. The van der Waals surface area contributed by atoms with Gasteiger partial charge in [-0.25, -0.2) is 0 Å². The Morgan fingerprint density at radius 3 is 1.62 bits per heavy atom. The summed E-state index contributed by atoms with van der Waals surface area (Å²) in [6.07, 6.45) is -0.255. The largest absolute Gasteiger partial charge is 0.414 e. The third-order valence-corrected chi connectivity index (χ3v) is 6.77. The van der Waals surface area contributed by atoms with Gasteiger partial charge in [0.2, 0.25) is 0 Å². The van der Waals surface area contributed by atoms with Crippen molar-refractivity contribution in [2.24, 2.45) is 5.92 Å². The molecule has 2 aromatic rings. The summed E-state index contributed by atoms with van der Waals surface area (Å²) in [4.78, 5) is 1.67. The molecule has 0 nitrogen and oxygen atoms in total. The van der Waals surface area contributed by atoms with E-state index in [9.17, 15) is 13.2 Å². The van der Waals surface area contributed by atoms with Gasteiger partial charge in [0.05, 0.1) is 9.81 Å². The van der Waals surface area contributed by atoms with E-state index in [4.69, 9.17) is 0 Å². The van der Waals surface area contributed by atoms with Crippen LogP contribution in [0.4, 0.5) is 13.2 Å². The fraction of sp³-hybridized carbons (Fsp3) is 0.333. The van der Waals surface area contributed by atoms with Crippen molar-refractivity contribution in [3.8, 4) is 0 Å². The zero-order valence-electron chi connectivity index (χ0n) is 14.3. The Balaban J connectivity index is 2.02. The number of halogens is 3. The first-order valence-corrected chi connectivity index (χ1v) is 10.4. The van der Waals surface area contributed by atoms with E-state index in [1.54, 1.807) is 0 Å². The minimum atomic E-state index is -4.30. The lowest BCUT2D eigenvalue weighted by molar-refractivity contribution is -0.100. The molecule has 0 bridgehead atoms. The van der Waals surface area contributed by atoms with Crippen LogP contribution < -0.4 is 0 Å². The Labute approximate surface area is 161 Å². The van der Waals surface area contributed by atoms with E-state index in [1.165, 1.54) is 23.5 Å². The molecular weight excluding hydrogens is 373 g/mol. The van der Waals surface area contributed by atoms with Crippen molar-refractivity contribution in [3.63, 3.8) is 0 Å². The molecule has 0 spiro atoms. The van der Waals surface area contributed by atoms with E-state index in [0.717, 1.165) is 29.1 Å². The van der Waals surface area contributed by atoms with Gasteiger partial charge in [0.25, 0.3) is 0 Å². The third kappa shape index (κ3) is 5.34. The van der Waals surface area contributed by atoms with Gasteiger partial charge in [-0.2, -0.15) is 13.2 Å². The van der Waals surface area contributed by atoms with Gasteiger partial charge >= 0.3 is 6.18 Å². The second kappa shape index (κ2) is 9.05. The molecule has 0 radical (unpaired) electrons. The van der Waals surface area contributed by atoms with Gasteiger partial charge in [-0.15, -0.1) is 0 Å². The van der Waals surface area contributed by atoms with Gasteiger partial charge < -0.3 is 0 Å². The summed E-state index contributed by atoms with van der Waals surface area (Å²) in [6.45, 7) is 0. The van der Waals surface area contributed by atoms with Crippen LogP contribution in [0.2, 0.25) is 0 Å². The number of allylic oxidation sites excluding steroid dienone is 1. The second-order valence-electron chi connectivity index (χ2n) is 6.36. The van der Waals surface area contributed by atoms with Gasteiger partial charge in [-0.05, 0) is 43.0 Å². The van der Waals surface area contributed by atoms with Crippen molar-refractivity contribution >= 4 is 23.5 Å². The van der Waals surface area contributed by atoms with Crippen molar-refractivity contribution in [1.82, 2.24) is 0 Å². The van der Waals surface area contributed by atoms with Crippen molar-refractivity contribution in [2.75, 3.05) is 0 Å². The van der Waals surface area contributed by atoms with Crippen LogP contribution in [0.1, 0.15) is 32.1 Å². The third-order valence-electron chi connectivity index (χ3n) is 4.45. The van der Waals surface area contributed by atoms with Crippen LogP contribution in [0.25, 0.3) is 0 Å². The molecule has 1 saturated carbocycles. The Hall–Kier alpha value is -1.33. The summed E-state index contributed by atoms with van der Waals surface area (Å²) < 4.78 is 42.6. The normalized spacial score (nSPS) is 15.7. The van der Waals surface area contributed by atoms with Gasteiger partial charge in [-0.1, -0.05) is 79.2 Å². The van der Waals surface area contributed by atoms with E-state index in [1.807, 2.05) is 60.7 Å². The van der Waals surface area contributed by atoms with E-state index < -0.39 is 12.1 Å². The average Bonchev–Trinajstić information content (AvgIpc) is 2.63. The van der Waals surface area contributed by atoms with Gasteiger partial charge in [0, 0.05) is 9.79 Å². The SMILES string of the molecule is FC(F)(F)C(=C(Sc1ccccc1)Sc1ccccc1)C1CCCCC1. The predicted octanol–water partition coefficient (Wildman–Crippen LogP) is 7.93. The van der Waals surface area contributed by atoms with Crippen molar-refractivity contribution in [3.05, 3.63) is 70.5 Å². The average molecular weight is 395 g/mol. The highest BCUT2D eigenvalue weighted by Gasteiger charge is 2.41. The van der Waals surface area contributed by atoms with Crippen LogP contribution in [-0.2, 0) is 0 Å². The fourth-order valence-corrected chi connectivity index (χ4v) is 5.77. The maximum absolute atomic E-state index is 14.1. The van der Waals surface area contributed by atoms with Crippen LogP contribution in [0.5, 0.6) is 0 Å². The van der Waals surface area contributed by atoms with Crippen LogP contribution in [0.3, 0.4) is 0 Å². The molecule has 1 aliphatic carbocycles. The predicted molar refractivity (Wildman–Crippen MR) is 104 cm³/mol. The molecule has 0 atom stereocenters. The number of alkyl halides is 3. The molecule has 138 valence electrons. The van der Waals surface area contributed by atoms with Crippen molar-refractivity contribution in [1.29, 1.82) is 0 Å². The maximum Gasteiger partial charge on any atom is 0.414 e. The second-order valence-corrected chi connectivity index (χ2v) is 8.79. The standard InChI is InChI=1S/C21H21F3S2/c22-21(23,24)19(16-10-4-1-5-11-16)20(25-17-12-6-2-7-13-17)26-18-14-8-3-9-15-18/h2-3,6-9,12-16H,1,4-5,10-11H2. The zero-order chi connectivity index (χ0) is 18.4. The van der Waals surface area contributed by atoms with E-state index in [2.05, 4.69) is 0 Å². The molecule has 1 aliphatic rings. The maximum atomic E-state index is 14.1. The number of rotatable bonds is 5. The molecule has 0 aromatic heterocycles. The Kier molecular flexibility index (Phi) is 6.76. The quantitative estimate of drug-likeness (QED) is 0.472. The first-order valence-electron chi connectivity index (χ1n) is 8.81. The number of hydrogen-bond acceptors (Lipinski definition) is 2. The first kappa shape index (κ1) is 19.4. The molecule has 0 N–H and O–H groups in total. The van der Waals surface area contributed by atoms with Gasteiger partial charge in [0.15, 0.2) is 0 Å². The summed E-state index contributed by atoms with van der Waals surface area (Å²) in [5.74, 6) is -0.397. The topological polar surface area (TPSA) is 0 Å². The highest BCUT2D eigenvalue weighted by atomic mass is 32.2. The molecule has 0 amide bonds. The molecule has 2 aromatic carbocycles. The molecule has 0 aliphatic heterocycles. The highest BCUT2D eigenvalue weighted by Crippen LogP contribution is 2.50. The van der Waals surface area contributed by atoms with Crippen molar-refractivity contribution in [2.45, 2.75) is 48.1 Å². The van der Waals surface area contributed by atoms with Gasteiger partial charge in [0.1, 0.15) is 0 Å². The Morgan fingerprint density at radius 1 is 0.731 bits per heavy atom.